The molecule has 2 heterocycles. The number of nitrogens with two attached hydrogens (primary N) is 1. The molecule has 1 aromatic carbocycles. The molecule has 36 heavy (non-hydrogen) atoms. The van der Waals surface area contributed by atoms with Crippen LogP contribution >= 0.6 is 0 Å². The van der Waals surface area contributed by atoms with E-state index >= 15 is 0 Å². The number of nitrogen functional groups attached to an aromatic ring is 1. The molecule has 1 aromatic heterocycles. The van der Waals surface area contributed by atoms with Crippen molar-refractivity contribution in [2.24, 2.45) is 5.92 Å². The van der Waals surface area contributed by atoms with Gasteiger partial charge in [0, 0.05) is 24.7 Å². The summed E-state index contributed by atoms with van der Waals surface area (Å²) in [7, 11) is 0. The summed E-state index contributed by atoms with van der Waals surface area (Å²) in [6, 6.07) is 6.44. The van der Waals surface area contributed by atoms with Gasteiger partial charge in [-0.05, 0) is 69.0 Å². The van der Waals surface area contributed by atoms with E-state index in [1.807, 2.05) is 24.3 Å². The Kier molecular flexibility index (Phi) is 7.66. The van der Waals surface area contributed by atoms with Gasteiger partial charge in [0.05, 0.1) is 0 Å². The summed E-state index contributed by atoms with van der Waals surface area (Å²) >= 11 is 0. The number of fused-ring (bicyclic) bond motifs is 1. The van der Waals surface area contributed by atoms with Crippen LogP contribution in [0.2, 0.25) is 0 Å². The van der Waals surface area contributed by atoms with Gasteiger partial charge < -0.3 is 26.0 Å². The summed E-state index contributed by atoms with van der Waals surface area (Å²) in [5, 5.41) is 7.62. The molecule has 1 saturated carbocycles. The molecule has 4 rings (SSSR count). The smallest absolute Gasteiger partial charge is 0.408 e. The zero-order valence-electron chi connectivity index (χ0n) is 21.4. The maximum atomic E-state index is 13.6. The van der Waals surface area contributed by atoms with Crippen LogP contribution in [0.5, 0.6) is 0 Å². The summed E-state index contributed by atoms with van der Waals surface area (Å²) in [6.07, 6.45) is 6.60. The molecule has 0 spiro atoms. The van der Waals surface area contributed by atoms with E-state index in [1.165, 1.54) is 0 Å². The van der Waals surface area contributed by atoms with Gasteiger partial charge in [-0.3, -0.25) is 9.59 Å². The number of nitrogens with zero attached hydrogens (tertiary/aromatic N) is 2. The van der Waals surface area contributed by atoms with Gasteiger partial charge in [-0.1, -0.05) is 31.4 Å². The lowest BCUT2D eigenvalue weighted by molar-refractivity contribution is -0.150. The van der Waals surface area contributed by atoms with E-state index in [0.29, 0.717) is 25.3 Å². The fourth-order valence-electron chi connectivity index (χ4n) is 5.05. The molecule has 9 nitrogen and oxygen atoms in total. The van der Waals surface area contributed by atoms with E-state index in [9.17, 15) is 14.4 Å². The van der Waals surface area contributed by atoms with Gasteiger partial charge in [0.15, 0.2) is 0 Å². The largest absolute Gasteiger partial charge is 0.444 e. The molecule has 1 saturated heterocycles. The Hall–Kier alpha value is -3.36. The minimum Gasteiger partial charge on any atom is -0.444 e. The fraction of sp³-hybridized carbons (Fsp3) is 0.556. The average Bonchev–Trinajstić information content (AvgIpc) is 2.80. The SMILES string of the molecule is CC(C)(C)OC(=O)N[C@@H](C(=O)N1CC[C@H]1C(=O)NCc1ccc2c(N)nccc2c1)C1CCCCC1. The number of benzene rings is 1. The number of hydrogen-bond acceptors (Lipinski definition) is 6. The van der Waals surface area contributed by atoms with E-state index in [0.717, 1.165) is 48.4 Å². The monoisotopic (exact) mass is 495 g/mol. The first kappa shape index (κ1) is 25.7. The van der Waals surface area contributed by atoms with Crippen LogP contribution in [0.1, 0.15) is 64.9 Å². The molecule has 9 heteroatoms. The summed E-state index contributed by atoms with van der Waals surface area (Å²) in [5.74, 6) is 0.123. The molecule has 2 fully saturated rings. The second-order valence-corrected chi connectivity index (χ2v) is 10.8. The molecular formula is C27H37N5O4. The average molecular weight is 496 g/mol. The number of ether oxygens (including phenoxy) is 1. The number of rotatable bonds is 6. The van der Waals surface area contributed by atoms with E-state index in [-0.39, 0.29) is 17.7 Å². The Bertz CT molecular complexity index is 1120. The Morgan fingerprint density at radius 1 is 1.14 bits per heavy atom. The number of likely N-dealkylation sites (tertiary alicyclic amines) is 1. The van der Waals surface area contributed by atoms with Gasteiger partial charge in [-0.2, -0.15) is 0 Å². The lowest BCUT2D eigenvalue weighted by atomic mass is 9.82. The summed E-state index contributed by atoms with van der Waals surface area (Å²) in [6.45, 7) is 6.22. The van der Waals surface area contributed by atoms with Gasteiger partial charge in [0.25, 0.3) is 0 Å². The first-order chi connectivity index (χ1) is 17.1. The van der Waals surface area contributed by atoms with Crippen molar-refractivity contribution in [1.82, 2.24) is 20.5 Å². The molecule has 4 N–H and O–H groups in total. The highest BCUT2D eigenvalue weighted by molar-refractivity contribution is 5.93. The van der Waals surface area contributed by atoms with Crippen LogP contribution in [0.15, 0.2) is 30.5 Å². The maximum absolute atomic E-state index is 13.6. The van der Waals surface area contributed by atoms with Crippen LogP contribution < -0.4 is 16.4 Å². The number of carbonyl (C=O) groups is 3. The van der Waals surface area contributed by atoms with Crippen molar-refractivity contribution in [2.75, 3.05) is 12.3 Å². The number of nitrogens with one attached hydrogen (secondary N) is 2. The van der Waals surface area contributed by atoms with Crippen molar-refractivity contribution in [3.05, 3.63) is 36.0 Å². The van der Waals surface area contributed by atoms with E-state index in [2.05, 4.69) is 15.6 Å². The summed E-state index contributed by atoms with van der Waals surface area (Å²) in [5.41, 5.74) is 6.20. The molecule has 2 atom stereocenters. The standard InChI is InChI=1S/C27H37N5O4/c1-27(2,3)36-26(35)31-22(18-7-5-4-6-8-18)25(34)32-14-12-21(32)24(33)30-16-17-9-10-20-19(15-17)11-13-29-23(20)28/h9-11,13,15,18,21-22H,4-8,12,14,16H2,1-3H3,(H2,28,29)(H,30,33)(H,31,35)/t21-,22+/m0/s1. The number of amides is 3. The molecular weight excluding hydrogens is 458 g/mol. The molecule has 194 valence electrons. The number of carbonyl (C=O) groups excluding carboxylic acids is 3. The zero-order chi connectivity index (χ0) is 25.9. The van der Waals surface area contributed by atoms with Crippen molar-refractivity contribution in [3.8, 4) is 0 Å². The highest BCUT2D eigenvalue weighted by Crippen LogP contribution is 2.30. The minimum absolute atomic E-state index is 0.0441. The van der Waals surface area contributed by atoms with Crippen LogP contribution in [-0.4, -0.2) is 52.0 Å². The van der Waals surface area contributed by atoms with Gasteiger partial charge >= 0.3 is 6.09 Å². The van der Waals surface area contributed by atoms with Crippen molar-refractivity contribution in [1.29, 1.82) is 0 Å². The number of alkyl carbamates (subject to hydrolysis) is 1. The number of anilines is 1. The van der Waals surface area contributed by atoms with Crippen LogP contribution in [-0.2, 0) is 20.9 Å². The second-order valence-electron chi connectivity index (χ2n) is 10.8. The van der Waals surface area contributed by atoms with Crippen LogP contribution in [0.25, 0.3) is 10.8 Å². The third kappa shape index (κ3) is 6.06. The Morgan fingerprint density at radius 2 is 1.89 bits per heavy atom. The first-order valence-electron chi connectivity index (χ1n) is 12.8. The highest BCUT2D eigenvalue weighted by atomic mass is 16.6. The van der Waals surface area contributed by atoms with E-state index in [4.69, 9.17) is 10.5 Å². The van der Waals surface area contributed by atoms with Gasteiger partial charge in [-0.15, -0.1) is 0 Å². The lowest BCUT2D eigenvalue weighted by Crippen LogP contribution is -2.63. The van der Waals surface area contributed by atoms with Crippen LogP contribution in [0.4, 0.5) is 10.6 Å². The van der Waals surface area contributed by atoms with E-state index < -0.39 is 23.8 Å². The number of aromatic nitrogens is 1. The van der Waals surface area contributed by atoms with Gasteiger partial charge in [0.2, 0.25) is 11.8 Å². The van der Waals surface area contributed by atoms with Crippen molar-refractivity contribution >= 4 is 34.5 Å². The third-order valence-electron chi connectivity index (χ3n) is 6.99. The van der Waals surface area contributed by atoms with Gasteiger partial charge in [0.1, 0.15) is 23.5 Å². The summed E-state index contributed by atoms with van der Waals surface area (Å²) < 4.78 is 5.43. The van der Waals surface area contributed by atoms with E-state index in [1.54, 1.807) is 31.9 Å². The zero-order valence-corrected chi connectivity index (χ0v) is 21.4. The topological polar surface area (TPSA) is 127 Å². The molecule has 0 unspecified atom stereocenters. The Morgan fingerprint density at radius 3 is 2.56 bits per heavy atom. The molecule has 2 aliphatic rings. The first-order valence-corrected chi connectivity index (χ1v) is 12.8. The van der Waals surface area contributed by atoms with Crippen molar-refractivity contribution in [3.63, 3.8) is 0 Å². The molecule has 3 amide bonds. The third-order valence-corrected chi connectivity index (χ3v) is 6.99. The summed E-state index contributed by atoms with van der Waals surface area (Å²) in [4.78, 5) is 44.8. The van der Waals surface area contributed by atoms with Crippen molar-refractivity contribution < 1.29 is 19.1 Å². The molecule has 0 radical (unpaired) electrons. The van der Waals surface area contributed by atoms with Gasteiger partial charge in [-0.25, -0.2) is 9.78 Å². The van der Waals surface area contributed by atoms with Crippen molar-refractivity contribution in [2.45, 2.75) is 83.5 Å². The second kappa shape index (κ2) is 10.7. The Balaban J connectivity index is 1.40. The predicted octanol–water partition coefficient (Wildman–Crippen LogP) is 3.51. The molecule has 0 bridgehead atoms. The normalized spacial score (nSPS) is 19.3. The molecule has 2 aromatic rings. The number of pyridine rings is 1. The predicted molar refractivity (Wildman–Crippen MR) is 138 cm³/mol. The lowest BCUT2D eigenvalue weighted by Gasteiger charge is -2.43. The van der Waals surface area contributed by atoms with Crippen LogP contribution in [0, 0.1) is 5.92 Å². The maximum Gasteiger partial charge on any atom is 0.408 e. The minimum atomic E-state index is -0.685. The molecule has 1 aliphatic carbocycles. The highest BCUT2D eigenvalue weighted by Gasteiger charge is 2.43. The fourth-order valence-corrected chi connectivity index (χ4v) is 5.05. The number of hydrogen-bond donors (Lipinski definition) is 3. The Labute approximate surface area is 212 Å². The quantitative estimate of drug-likeness (QED) is 0.563. The molecule has 1 aliphatic heterocycles. The van der Waals surface area contributed by atoms with Crippen LogP contribution in [0.3, 0.4) is 0 Å².